The van der Waals surface area contributed by atoms with Gasteiger partial charge in [-0.15, -0.1) is 11.3 Å². The molecule has 118 valence electrons. The molecule has 4 nitrogen and oxygen atoms in total. The van der Waals surface area contributed by atoms with Crippen LogP contribution in [0.2, 0.25) is 0 Å². The van der Waals surface area contributed by atoms with Gasteiger partial charge in [0.2, 0.25) is 0 Å². The number of amides is 1. The van der Waals surface area contributed by atoms with Gasteiger partial charge in [-0.25, -0.2) is 0 Å². The Bertz CT molecular complexity index is 834. The van der Waals surface area contributed by atoms with E-state index in [4.69, 9.17) is 0 Å². The number of fused-ring (bicyclic) bond motifs is 2. The smallest absolute Gasteiger partial charge is 0.267 e. The summed E-state index contributed by atoms with van der Waals surface area (Å²) in [5.41, 5.74) is 1.49. The molecule has 1 aromatic carbocycles. The quantitative estimate of drug-likeness (QED) is 0.692. The van der Waals surface area contributed by atoms with E-state index in [0.29, 0.717) is 12.1 Å². The van der Waals surface area contributed by atoms with Crippen LogP contribution in [0.3, 0.4) is 0 Å². The zero-order chi connectivity index (χ0) is 15.9. The number of para-hydroxylation sites is 1. The predicted octanol–water partition coefficient (Wildman–Crippen LogP) is 3.18. The molecule has 0 fully saturated rings. The van der Waals surface area contributed by atoms with Crippen molar-refractivity contribution >= 4 is 28.1 Å². The Kier molecular flexibility index (Phi) is 3.47. The van der Waals surface area contributed by atoms with Gasteiger partial charge < -0.3 is 15.4 Å². The number of hydrogen-bond donors (Lipinski definition) is 3. The number of nitrogens with one attached hydrogen (secondary N) is 2. The third-order valence-corrected chi connectivity index (χ3v) is 5.54. The van der Waals surface area contributed by atoms with E-state index in [1.807, 2.05) is 41.8 Å². The third kappa shape index (κ3) is 2.56. The second kappa shape index (κ2) is 5.51. The van der Waals surface area contributed by atoms with Crippen LogP contribution in [0.1, 0.15) is 33.8 Å². The fourth-order valence-electron chi connectivity index (χ4n) is 3.33. The largest absolute Gasteiger partial charge is 0.383 e. The zero-order valence-corrected chi connectivity index (χ0v) is 13.5. The predicted molar refractivity (Wildman–Crippen MR) is 91.8 cm³/mol. The molecule has 1 aliphatic rings. The lowest BCUT2D eigenvalue weighted by atomic mass is 9.83. The first-order valence-corrected chi connectivity index (χ1v) is 8.69. The van der Waals surface area contributed by atoms with Crippen LogP contribution in [0.15, 0.2) is 41.8 Å². The highest BCUT2D eigenvalue weighted by Gasteiger charge is 2.35. The average Bonchev–Trinajstić information content (AvgIpc) is 3.20. The molecule has 0 bridgehead atoms. The molecule has 0 radical (unpaired) electrons. The summed E-state index contributed by atoms with van der Waals surface area (Å²) in [4.78, 5) is 16.8. The van der Waals surface area contributed by atoms with E-state index in [-0.39, 0.29) is 12.5 Å². The minimum atomic E-state index is -0.949. The van der Waals surface area contributed by atoms with E-state index in [2.05, 4.69) is 10.3 Å². The van der Waals surface area contributed by atoms with Gasteiger partial charge in [0, 0.05) is 15.8 Å². The number of aryl methyl sites for hydroxylation is 1. The number of hydrogen-bond acceptors (Lipinski definition) is 3. The Hall–Kier alpha value is -2.11. The normalized spacial score (nSPS) is 20.4. The maximum Gasteiger partial charge on any atom is 0.267 e. The van der Waals surface area contributed by atoms with Crippen LogP contribution in [-0.2, 0) is 12.0 Å². The number of aromatic nitrogens is 1. The molecule has 0 spiro atoms. The van der Waals surface area contributed by atoms with E-state index < -0.39 is 5.60 Å². The van der Waals surface area contributed by atoms with Crippen LogP contribution >= 0.6 is 11.3 Å². The zero-order valence-electron chi connectivity index (χ0n) is 12.6. The number of rotatable bonds is 3. The van der Waals surface area contributed by atoms with Crippen molar-refractivity contribution in [3.05, 3.63) is 57.9 Å². The molecule has 1 unspecified atom stereocenters. The Balaban J connectivity index is 1.52. The number of aliphatic hydroxyl groups is 1. The van der Waals surface area contributed by atoms with Crippen molar-refractivity contribution in [3.63, 3.8) is 0 Å². The Morgan fingerprint density at radius 1 is 1.35 bits per heavy atom. The third-order valence-electron chi connectivity index (χ3n) is 4.56. The number of carbonyl (C=O) groups is 1. The van der Waals surface area contributed by atoms with Crippen LogP contribution in [0, 0.1) is 0 Å². The molecular weight excluding hydrogens is 308 g/mol. The van der Waals surface area contributed by atoms with Gasteiger partial charge in [0.15, 0.2) is 0 Å². The van der Waals surface area contributed by atoms with Gasteiger partial charge in [-0.3, -0.25) is 4.79 Å². The summed E-state index contributed by atoms with van der Waals surface area (Å²) in [6, 6.07) is 11.6. The maximum absolute atomic E-state index is 12.4. The summed E-state index contributed by atoms with van der Waals surface area (Å²) in [6.07, 6.45) is 2.65. The van der Waals surface area contributed by atoms with Gasteiger partial charge in [-0.2, -0.15) is 0 Å². The minimum Gasteiger partial charge on any atom is -0.383 e. The fraction of sp³-hybridized carbons (Fsp3) is 0.278. The van der Waals surface area contributed by atoms with E-state index >= 15 is 0 Å². The van der Waals surface area contributed by atoms with Crippen molar-refractivity contribution < 1.29 is 9.90 Å². The average molecular weight is 326 g/mol. The Morgan fingerprint density at radius 3 is 3.09 bits per heavy atom. The number of benzene rings is 1. The molecule has 1 atom stereocenters. The van der Waals surface area contributed by atoms with Gasteiger partial charge in [0.25, 0.3) is 5.91 Å². The SMILES string of the molecule is O=C(NCC1(O)CCCc2sccc21)c1cc2ccccc2[nH]1. The maximum atomic E-state index is 12.4. The van der Waals surface area contributed by atoms with Gasteiger partial charge >= 0.3 is 0 Å². The van der Waals surface area contributed by atoms with E-state index in [1.54, 1.807) is 11.3 Å². The monoisotopic (exact) mass is 326 g/mol. The summed E-state index contributed by atoms with van der Waals surface area (Å²) >= 11 is 1.68. The van der Waals surface area contributed by atoms with Crippen molar-refractivity contribution in [3.8, 4) is 0 Å². The van der Waals surface area contributed by atoms with Gasteiger partial charge in [0.05, 0.1) is 6.54 Å². The first-order chi connectivity index (χ1) is 11.2. The molecule has 23 heavy (non-hydrogen) atoms. The summed E-state index contributed by atoms with van der Waals surface area (Å²) in [6.45, 7) is 0.241. The highest BCUT2D eigenvalue weighted by atomic mass is 32.1. The molecule has 1 amide bonds. The summed E-state index contributed by atoms with van der Waals surface area (Å²) < 4.78 is 0. The van der Waals surface area contributed by atoms with Crippen molar-refractivity contribution in [2.24, 2.45) is 0 Å². The van der Waals surface area contributed by atoms with Gasteiger partial charge in [0.1, 0.15) is 11.3 Å². The number of aromatic amines is 1. The molecule has 2 heterocycles. The van der Waals surface area contributed by atoms with Crippen LogP contribution in [0.25, 0.3) is 10.9 Å². The number of thiophene rings is 1. The molecule has 3 N–H and O–H groups in total. The second-order valence-corrected chi connectivity index (χ2v) is 7.10. The topological polar surface area (TPSA) is 65.1 Å². The van der Waals surface area contributed by atoms with Crippen LogP contribution in [-0.4, -0.2) is 22.5 Å². The Morgan fingerprint density at radius 2 is 2.22 bits per heavy atom. The van der Waals surface area contributed by atoms with E-state index in [0.717, 1.165) is 29.3 Å². The number of carbonyl (C=O) groups excluding carboxylic acids is 1. The summed E-state index contributed by atoms with van der Waals surface area (Å²) in [5, 5.41) is 16.8. The molecule has 3 aromatic rings. The number of H-pyrrole nitrogens is 1. The molecule has 2 aromatic heterocycles. The lowest BCUT2D eigenvalue weighted by Gasteiger charge is -2.32. The molecule has 0 saturated heterocycles. The van der Waals surface area contributed by atoms with E-state index in [1.165, 1.54) is 4.88 Å². The molecule has 5 heteroatoms. The van der Waals surface area contributed by atoms with Crippen LogP contribution < -0.4 is 5.32 Å². The lowest BCUT2D eigenvalue weighted by Crippen LogP contribution is -2.42. The molecule has 0 saturated carbocycles. The summed E-state index contributed by atoms with van der Waals surface area (Å²) in [7, 11) is 0. The van der Waals surface area contributed by atoms with Crippen molar-refractivity contribution in [1.82, 2.24) is 10.3 Å². The van der Waals surface area contributed by atoms with Crippen LogP contribution in [0.5, 0.6) is 0 Å². The van der Waals surface area contributed by atoms with Crippen molar-refractivity contribution in [2.75, 3.05) is 6.54 Å². The van der Waals surface area contributed by atoms with Gasteiger partial charge in [-0.05, 0) is 48.4 Å². The highest BCUT2D eigenvalue weighted by Crippen LogP contribution is 2.37. The highest BCUT2D eigenvalue weighted by molar-refractivity contribution is 7.10. The summed E-state index contributed by atoms with van der Waals surface area (Å²) in [5.74, 6) is -0.183. The minimum absolute atomic E-state index is 0.183. The van der Waals surface area contributed by atoms with Gasteiger partial charge in [-0.1, -0.05) is 18.2 Å². The molecule has 1 aliphatic carbocycles. The van der Waals surface area contributed by atoms with Crippen molar-refractivity contribution in [2.45, 2.75) is 24.9 Å². The Labute approximate surface area is 138 Å². The molecule has 4 rings (SSSR count). The van der Waals surface area contributed by atoms with Crippen molar-refractivity contribution in [1.29, 1.82) is 0 Å². The lowest BCUT2D eigenvalue weighted by molar-refractivity contribution is 0.0197. The van der Waals surface area contributed by atoms with E-state index in [9.17, 15) is 9.90 Å². The molecular formula is C18H18N2O2S. The van der Waals surface area contributed by atoms with Crippen LogP contribution in [0.4, 0.5) is 0 Å². The first-order valence-electron chi connectivity index (χ1n) is 7.81. The standard InChI is InChI=1S/C18H18N2O2S/c21-17(15-10-12-4-1-2-5-14(12)20-15)19-11-18(22)8-3-6-16-13(18)7-9-23-16/h1-2,4-5,7,9-10,20,22H,3,6,8,11H2,(H,19,21). The molecule has 0 aliphatic heterocycles. The first kappa shape index (κ1) is 14.5. The fourth-order valence-corrected chi connectivity index (χ4v) is 4.34. The second-order valence-electron chi connectivity index (χ2n) is 6.10.